The lowest BCUT2D eigenvalue weighted by atomic mass is 10.1. The molecular formula is C16H14F2N2O. The number of anilines is 1. The molecule has 0 spiro atoms. The van der Waals surface area contributed by atoms with Crippen LogP contribution in [0.4, 0.5) is 14.5 Å². The summed E-state index contributed by atoms with van der Waals surface area (Å²) < 4.78 is 26.1. The quantitative estimate of drug-likeness (QED) is 0.811. The highest BCUT2D eigenvalue weighted by Gasteiger charge is 2.20. The van der Waals surface area contributed by atoms with Gasteiger partial charge in [0.25, 0.3) is 0 Å². The van der Waals surface area contributed by atoms with E-state index in [0.29, 0.717) is 6.54 Å². The molecule has 0 fully saturated rings. The van der Waals surface area contributed by atoms with Crippen LogP contribution in [-0.4, -0.2) is 23.9 Å². The Bertz CT molecular complexity index is 670. The second-order valence-corrected chi connectivity index (χ2v) is 5.04. The molecule has 3 nitrogen and oxygen atoms in total. The maximum absolute atomic E-state index is 13.3. The number of benzene rings is 1. The fraction of sp³-hybridized carbons (Fsp3) is 0.250. The summed E-state index contributed by atoms with van der Waals surface area (Å²) in [5.41, 5.74) is 2.22. The molecule has 108 valence electrons. The van der Waals surface area contributed by atoms with Crippen LogP contribution in [-0.2, 0) is 6.42 Å². The van der Waals surface area contributed by atoms with Crippen molar-refractivity contribution in [3.8, 4) is 0 Å². The standard InChI is InChI=1S/C16H14F2N2O/c17-12-2-1-11-5-7-20(15(11)9-12)8-6-16(21)14-4-3-13(18)10-19-14/h1-4,9-10H,5-8H2. The summed E-state index contributed by atoms with van der Waals surface area (Å²) in [6, 6.07) is 7.35. The van der Waals surface area contributed by atoms with Gasteiger partial charge in [-0.05, 0) is 36.2 Å². The highest BCUT2D eigenvalue weighted by Crippen LogP contribution is 2.28. The number of halogens is 2. The molecule has 0 atom stereocenters. The van der Waals surface area contributed by atoms with Crippen molar-refractivity contribution in [2.24, 2.45) is 0 Å². The maximum atomic E-state index is 13.3. The molecule has 5 heteroatoms. The predicted molar refractivity (Wildman–Crippen MR) is 75.5 cm³/mol. The zero-order valence-corrected chi connectivity index (χ0v) is 11.4. The number of nitrogens with zero attached hydrogens (tertiary/aromatic N) is 2. The molecule has 0 saturated heterocycles. The van der Waals surface area contributed by atoms with E-state index in [0.717, 1.165) is 30.4 Å². The third kappa shape index (κ3) is 2.91. The average molecular weight is 288 g/mol. The molecule has 0 saturated carbocycles. The number of carbonyl (C=O) groups excluding carboxylic acids is 1. The van der Waals surface area contributed by atoms with Gasteiger partial charge in [-0.3, -0.25) is 9.78 Å². The lowest BCUT2D eigenvalue weighted by molar-refractivity contribution is 0.0980. The molecule has 1 aromatic heterocycles. The Morgan fingerprint density at radius 1 is 1.19 bits per heavy atom. The summed E-state index contributed by atoms with van der Waals surface area (Å²) >= 11 is 0. The number of Topliss-reactive ketones (excluding diaryl/α,β-unsaturated/α-hetero) is 1. The molecule has 0 amide bonds. The molecule has 0 radical (unpaired) electrons. The fourth-order valence-corrected chi connectivity index (χ4v) is 2.56. The highest BCUT2D eigenvalue weighted by atomic mass is 19.1. The van der Waals surface area contributed by atoms with Crippen LogP contribution < -0.4 is 4.90 Å². The van der Waals surface area contributed by atoms with Gasteiger partial charge in [0.05, 0.1) is 6.20 Å². The van der Waals surface area contributed by atoms with E-state index in [2.05, 4.69) is 4.98 Å². The second kappa shape index (κ2) is 5.60. The average Bonchev–Trinajstić information content (AvgIpc) is 2.88. The minimum Gasteiger partial charge on any atom is -0.370 e. The Labute approximate surface area is 121 Å². The number of ketones is 1. The van der Waals surface area contributed by atoms with E-state index in [4.69, 9.17) is 0 Å². The fourth-order valence-electron chi connectivity index (χ4n) is 2.56. The van der Waals surface area contributed by atoms with Crippen molar-refractivity contribution in [1.29, 1.82) is 0 Å². The lowest BCUT2D eigenvalue weighted by Gasteiger charge is -2.18. The van der Waals surface area contributed by atoms with E-state index < -0.39 is 5.82 Å². The second-order valence-electron chi connectivity index (χ2n) is 5.04. The predicted octanol–water partition coefficient (Wildman–Crippen LogP) is 3.00. The van der Waals surface area contributed by atoms with Gasteiger partial charge in [0.2, 0.25) is 0 Å². The number of pyridine rings is 1. The van der Waals surface area contributed by atoms with Gasteiger partial charge < -0.3 is 4.90 Å². The van der Waals surface area contributed by atoms with E-state index in [1.54, 1.807) is 6.07 Å². The molecule has 0 N–H and O–H groups in total. The molecule has 0 unspecified atom stereocenters. The van der Waals surface area contributed by atoms with Crippen molar-refractivity contribution >= 4 is 11.5 Å². The summed E-state index contributed by atoms with van der Waals surface area (Å²) in [4.78, 5) is 17.8. The lowest BCUT2D eigenvalue weighted by Crippen LogP contribution is -2.24. The summed E-state index contributed by atoms with van der Waals surface area (Å²) in [6.45, 7) is 1.29. The third-order valence-electron chi connectivity index (χ3n) is 3.66. The van der Waals surface area contributed by atoms with Crippen LogP contribution in [0, 0.1) is 11.6 Å². The van der Waals surface area contributed by atoms with Gasteiger partial charge in [-0.25, -0.2) is 8.78 Å². The maximum Gasteiger partial charge on any atom is 0.182 e. The molecule has 3 rings (SSSR count). The van der Waals surface area contributed by atoms with Crippen LogP contribution in [0.2, 0.25) is 0 Å². The first-order chi connectivity index (χ1) is 10.1. The Hall–Kier alpha value is -2.30. The molecule has 1 aliphatic heterocycles. The van der Waals surface area contributed by atoms with E-state index >= 15 is 0 Å². The van der Waals surface area contributed by atoms with Gasteiger partial charge in [0.15, 0.2) is 5.78 Å². The molecule has 1 aliphatic rings. The largest absolute Gasteiger partial charge is 0.370 e. The molecule has 21 heavy (non-hydrogen) atoms. The van der Waals surface area contributed by atoms with Crippen molar-refractivity contribution < 1.29 is 13.6 Å². The summed E-state index contributed by atoms with van der Waals surface area (Å²) in [7, 11) is 0. The molecule has 2 aromatic rings. The van der Waals surface area contributed by atoms with Gasteiger partial charge in [-0.2, -0.15) is 0 Å². The molecule has 0 bridgehead atoms. The van der Waals surface area contributed by atoms with Crippen LogP contribution >= 0.6 is 0 Å². The van der Waals surface area contributed by atoms with Gasteiger partial charge in [-0.15, -0.1) is 0 Å². The molecule has 0 aliphatic carbocycles. The summed E-state index contributed by atoms with van der Waals surface area (Å²) in [6.07, 6.45) is 2.17. The zero-order chi connectivity index (χ0) is 14.8. The van der Waals surface area contributed by atoms with Crippen molar-refractivity contribution in [3.05, 3.63) is 59.4 Å². The minimum atomic E-state index is -0.463. The first-order valence-electron chi connectivity index (χ1n) is 6.81. The number of carbonyl (C=O) groups is 1. The van der Waals surface area contributed by atoms with Crippen molar-refractivity contribution in [2.75, 3.05) is 18.0 Å². The first kappa shape index (κ1) is 13.7. The van der Waals surface area contributed by atoms with Crippen LogP contribution in [0.1, 0.15) is 22.5 Å². The van der Waals surface area contributed by atoms with Crippen molar-refractivity contribution in [1.82, 2.24) is 4.98 Å². The van der Waals surface area contributed by atoms with E-state index in [-0.39, 0.29) is 23.7 Å². The number of aromatic nitrogens is 1. The Morgan fingerprint density at radius 2 is 2.00 bits per heavy atom. The number of fused-ring (bicyclic) bond motifs is 1. The summed E-state index contributed by atoms with van der Waals surface area (Å²) in [5, 5.41) is 0. The van der Waals surface area contributed by atoms with Crippen LogP contribution in [0.5, 0.6) is 0 Å². The topological polar surface area (TPSA) is 33.2 Å². The smallest absolute Gasteiger partial charge is 0.182 e. The zero-order valence-electron chi connectivity index (χ0n) is 11.4. The van der Waals surface area contributed by atoms with Gasteiger partial charge in [-0.1, -0.05) is 6.07 Å². The Morgan fingerprint density at radius 3 is 2.76 bits per heavy atom. The highest BCUT2D eigenvalue weighted by molar-refractivity contribution is 5.94. The van der Waals surface area contributed by atoms with Crippen molar-refractivity contribution in [2.45, 2.75) is 12.8 Å². The monoisotopic (exact) mass is 288 g/mol. The third-order valence-corrected chi connectivity index (χ3v) is 3.66. The van der Waals surface area contributed by atoms with Crippen LogP contribution in [0.15, 0.2) is 36.5 Å². The number of rotatable bonds is 4. The number of hydrogen-bond donors (Lipinski definition) is 0. The Kier molecular flexibility index (Phi) is 3.64. The van der Waals surface area contributed by atoms with Gasteiger partial charge >= 0.3 is 0 Å². The SMILES string of the molecule is O=C(CCN1CCc2ccc(F)cc21)c1ccc(F)cn1. The van der Waals surface area contributed by atoms with Gasteiger partial charge in [0.1, 0.15) is 17.3 Å². The van der Waals surface area contributed by atoms with Crippen LogP contribution in [0.25, 0.3) is 0 Å². The van der Waals surface area contributed by atoms with E-state index in [1.807, 2.05) is 4.90 Å². The van der Waals surface area contributed by atoms with E-state index in [9.17, 15) is 13.6 Å². The normalized spacial score (nSPS) is 13.3. The molecular weight excluding hydrogens is 274 g/mol. The first-order valence-corrected chi connectivity index (χ1v) is 6.81. The summed E-state index contributed by atoms with van der Waals surface area (Å²) in [5.74, 6) is -0.873. The molecule has 2 heterocycles. The Balaban J connectivity index is 1.65. The number of hydrogen-bond acceptors (Lipinski definition) is 3. The minimum absolute atomic E-state index is 0.139. The van der Waals surface area contributed by atoms with E-state index in [1.165, 1.54) is 24.3 Å². The van der Waals surface area contributed by atoms with Gasteiger partial charge in [0, 0.05) is 25.2 Å². The molecule has 1 aromatic carbocycles. The van der Waals surface area contributed by atoms with Crippen molar-refractivity contribution in [3.63, 3.8) is 0 Å². The van der Waals surface area contributed by atoms with Crippen LogP contribution in [0.3, 0.4) is 0 Å².